The summed E-state index contributed by atoms with van der Waals surface area (Å²) in [6, 6.07) is 7.82. The van der Waals surface area contributed by atoms with Crippen molar-refractivity contribution in [3.05, 3.63) is 36.1 Å². The molecule has 0 unspecified atom stereocenters. The predicted octanol–water partition coefficient (Wildman–Crippen LogP) is 2.14. The third-order valence-electron chi connectivity index (χ3n) is 1.55. The van der Waals surface area contributed by atoms with Crippen LogP contribution < -0.4 is 4.74 Å². The summed E-state index contributed by atoms with van der Waals surface area (Å²) in [5.74, 6) is 0.876. The molecule has 0 bridgehead atoms. The molecule has 0 N–H and O–H groups in total. The minimum absolute atomic E-state index is 0. The molecular formula is C9H9O2+. The molecule has 1 aliphatic heterocycles. The van der Waals surface area contributed by atoms with E-state index in [2.05, 4.69) is 0 Å². The van der Waals surface area contributed by atoms with E-state index in [1.165, 1.54) is 0 Å². The first kappa shape index (κ1) is 6.28. The number of hydrogen-bond donors (Lipinski definition) is 0. The molecule has 2 heteroatoms. The van der Waals surface area contributed by atoms with E-state index in [0.717, 1.165) is 11.3 Å². The Morgan fingerprint density at radius 1 is 1.27 bits per heavy atom. The van der Waals surface area contributed by atoms with E-state index in [1.807, 2.05) is 30.3 Å². The lowest BCUT2D eigenvalue weighted by atomic mass is 10.2. The SMILES string of the molecule is C1=Cc2ccccc2OCO1.[H+]. The fourth-order valence-corrected chi connectivity index (χ4v) is 1.01. The van der Waals surface area contributed by atoms with Crippen molar-refractivity contribution in [3.63, 3.8) is 0 Å². The Labute approximate surface area is 66.5 Å². The second kappa shape index (κ2) is 2.66. The quantitative estimate of drug-likeness (QED) is 0.562. The van der Waals surface area contributed by atoms with Crippen LogP contribution in [0.25, 0.3) is 6.08 Å². The van der Waals surface area contributed by atoms with Gasteiger partial charge < -0.3 is 9.47 Å². The maximum atomic E-state index is 5.26. The number of para-hydroxylation sites is 1. The van der Waals surface area contributed by atoms with Gasteiger partial charge in [0.2, 0.25) is 6.79 Å². The van der Waals surface area contributed by atoms with E-state index in [1.54, 1.807) is 6.26 Å². The van der Waals surface area contributed by atoms with Crippen molar-refractivity contribution in [2.24, 2.45) is 0 Å². The molecule has 1 aromatic carbocycles. The Morgan fingerprint density at radius 2 is 2.18 bits per heavy atom. The number of fused-ring (bicyclic) bond motifs is 1. The molecule has 0 aromatic heterocycles. The van der Waals surface area contributed by atoms with Gasteiger partial charge in [-0.15, -0.1) is 0 Å². The maximum absolute atomic E-state index is 5.26. The lowest BCUT2D eigenvalue weighted by molar-refractivity contribution is 0.0841. The number of benzene rings is 1. The standard InChI is InChI=1S/C9H8O2/c1-2-4-9-8(3-1)5-6-10-7-11-9/h1-6H,7H2/p+1. The largest absolute Gasteiger partial charge is 1.00 e. The summed E-state index contributed by atoms with van der Waals surface area (Å²) in [4.78, 5) is 0. The molecule has 1 heterocycles. The molecule has 2 nitrogen and oxygen atoms in total. The molecule has 0 atom stereocenters. The maximum Gasteiger partial charge on any atom is 1.00 e. The summed E-state index contributed by atoms with van der Waals surface area (Å²) in [5, 5.41) is 0. The first-order chi connectivity index (χ1) is 5.47. The van der Waals surface area contributed by atoms with Crippen LogP contribution in [0, 0.1) is 0 Å². The fraction of sp³-hybridized carbons (Fsp3) is 0.111. The Kier molecular flexibility index (Phi) is 1.52. The van der Waals surface area contributed by atoms with Gasteiger partial charge in [0.25, 0.3) is 0 Å². The molecule has 1 aliphatic rings. The monoisotopic (exact) mass is 149 g/mol. The lowest BCUT2D eigenvalue weighted by Crippen LogP contribution is -1.96. The Hall–Kier alpha value is -1.44. The van der Waals surface area contributed by atoms with Gasteiger partial charge in [0, 0.05) is 5.56 Å². The molecule has 11 heavy (non-hydrogen) atoms. The summed E-state index contributed by atoms with van der Waals surface area (Å²) in [7, 11) is 0. The van der Waals surface area contributed by atoms with Crippen LogP contribution in [0.1, 0.15) is 6.99 Å². The Balaban J connectivity index is 0.000000720. The predicted molar refractivity (Wildman–Crippen MR) is 43.2 cm³/mol. The average Bonchev–Trinajstić information content (AvgIpc) is 2.28. The van der Waals surface area contributed by atoms with E-state index in [9.17, 15) is 0 Å². The highest BCUT2D eigenvalue weighted by molar-refractivity contribution is 5.56. The van der Waals surface area contributed by atoms with Crippen LogP contribution in [-0.4, -0.2) is 6.79 Å². The highest BCUT2D eigenvalue weighted by atomic mass is 16.7. The van der Waals surface area contributed by atoms with E-state index in [-0.39, 0.29) is 1.43 Å². The number of ether oxygens (including phenoxy) is 2. The molecule has 0 fully saturated rings. The zero-order valence-electron chi connectivity index (χ0n) is 6.99. The van der Waals surface area contributed by atoms with Crippen molar-refractivity contribution in [2.75, 3.05) is 6.79 Å². The van der Waals surface area contributed by atoms with Gasteiger partial charge in [0.15, 0.2) is 0 Å². The molecule has 0 saturated heterocycles. The second-order valence-corrected chi connectivity index (χ2v) is 2.27. The molecule has 0 radical (unpaired) electrons. The molecule has 2 rings (SSSR count). The summed E-state index contributed by atoms with van der Waals surface area (Å²) >= 11 is 0. The molecule has 0 saturated carbocycles. The van der Waals surface area contributed by atoms with Gasteiger partial charge in [-0.3, -0.25) is 0 Å². The Morgan fingerprint density at radius 3 is 3.18 bits per heavy atom. The van der Waals surface area contributed by atoms with Crippen molar-refractivity contribution >= 4 is 6.08 Å². The second-order valence-electron chi connectivity index (χ2n) is 2.27. The minimum atomic E-state index is 0. The van der Waals surface area contributed by atoms with Crippen LogP contribution in [-0.2, 0) is 4.74 Å². The van der Waals surface area contributed by atoms with Crippen molar-refractivity contribution in [1.82, 2.24) is 0 Å². The molecule has 0 spiro atoms. The van der Waals surface area contributed by atoms with Gasteiger partial charge >= 0.3 is 1.43 Å². The smallest absolute Gasteiger partial charge is 0.465 e. The highest BCUT2D eigenvalue weighted by Crippen LogP contribution is 2.20. The van der Waals surface area contributed by atoms with E-state index < -0.39 is 0 Å². The van der Waals surface area contributed by atoms with Crippen molar-refractivity contribution in [3.8, 4) is 5.75 Å². The summed E-state index contributed by atoms with van der Waals surface area (Å²) in [6.45, 7) is 0.299. The van der Waals surface area contributed by atoms with E-state index in [0.29, 0.717) is 6.79 Å². The zero-order valence-corrected chi connectivity index (χ0v) is 5.99. The molecule has 1 aromatic rings. The van der Waals surface area contributed by atoms with Gasteiger partial charge in [0.1, 0.15) is 5.75 Å². The summed E-state index contributed by atoms with van der Waals surface area (Å²) in [5.41, 5.74) is 1.06. The molecule has 56 valence electrons. The summed E-state index contributed by atoms with van der Waals surface area (Å²) in [6.07, 6.45) is 3.54. The minimum Gasteiger partial charge on any atom is -0.465 e. The molecule has 0 amide bonds. The third kappa shape index (κ3) is 1.19. The normalized spacial score (nSPS) is 14.2. The van der Waals surface area contributed by atoms with Gasteiger partial charge in [-0.25, -0.2) is 0 Å². The first-order valence-corrected chi connectivity index (χ1v) is 3.47. The number of hydrogen-bond acceptors (Lipinski definition) is 2. The lowest BCUT2D eigenvalue weighted by Gasteiger charge is -2.03. The van der Waals surface area contributed by atoms with Crippen LogP contribution >= 0.6 is 0 Å². The van der Waals surface area contributed by atoms with Gasteiger partial charge in [0.05, 0.1) is 6.26 Å². The first-order valence-electron chi connectivity index (χ1n) is 3.47. The van der Waals surface area contributed by atoms with Crippen molar-refractivity contribution < 1.29 is 10.9 Å². The van der Waals surface area contributed by atoms with Gasteiger partial charge in [-0.2, -0.15) is 0 Å². The van der Waals surface area contributed by atoms with Crippen LogP contribution in [0.3, 0.4) is 0 Å². The highest BCUT2D eigenvalue weighted by Gasteiger charge is 2.01. The van der Waals surface area contributed by atoms with Crippen LogP contribution in [0.4, 0.5) is 0 Å². The third-order valence-corrected chi connectivity index (χ3v) is 1.55. The average molecular weight is 149 g/mol. The summed E-state index contributed by atoms with van der Waals surface area (Å²) < 4.78 is 10.2. The van der Waals surface area contributed by atoms with Crippen LogP contribution in [0.15, 0.2) is 30.5 Å². The topological polar surface area (TPSA) is 18.5 Å². The number of rotatable bonds is 0. The van der Waals surface area contributed by atoms with Crippen LogP contribution in [0.2, 0.25) is 0 Å². The van der Waals surface area contributed by atoms with Crippen LogP contribution in [0.5, 0.6) is 5.75 Å². The van der Waals surface area contributed by atoms with Gasteiger partial charge in [-0.05, 0) is 12.1 Å². The van der Waals surface area contributed by atoms with Gasteiger partial charge in [-0.1, -0.05) is 18.2 Å². The molecule has 0 aliphatic carbocycles. The molecular weight excluding hydrogens is 140 g/mol. The Bertz CT molecular complexity index is 284. The van der Waals surface area contributed by atoms with E-state index >= 15 is 0 Å². The zero-order chi connectivity index (χ0) is 7.52. The van der Waals surface area contributed by atoms with E-state index in [4.69, 9.17) is 9.47 Å². The van der Waals surface area contributed by atoms with Crippen molar-refractivity contribution in [1.29, 1.82) is 0 Å². The van der Waals surface area contributed by atoms with Crippen molar-refractivity contribution in [2.45, 2.75) is 0 Å². The fourth-order valence-electron chi connectivity index (χ4n) is 1.01.